The number of rotatable bonds is 7. The first-order valence-corrected chi connectivity index (χ1v) is 9.67. The number of benzene rings is 1. The lowest BCUT2D eigenvalue weighted by atomic mass is 10.2. The molecule has 0 bridgehead atoms. The van der Waals surface area contributed by atoms with Gasteiger partial charge in [0, 0.05) is 28.4 Å². The topological polar surface area (TPSA) is 71.1 Å². The molecule has 0 saturated heterocycles. The number of allylic oxidation sites excluding steroid dienone is 2. The van der Waals surface area contributed by atoms with Crippen molar-refractivity contribution in [2.45, 2.75) is 11.8 Å². The van der Waals surface area contributed by atoms with Crippen LogP contribution in [0.5, 0.6) is 0 Å². The van der Waals surface area contributed by atoms with E-state index in [0.29, 0.717) is 11.1 Å². The molecule has 1 aliphatic rings. The molecule has 0 heterocycles. The summed E-state index contributed by atoms with van der Waals surface area (Å²) in [7, 11) is -2.55. The average molecular weight is 346 g/mol. The molecule has 0 fully saturated rings. The molecule has 0 aliphatic heterocycles. The van der Waals surface area contributed by atoms with E-state index in [0.717, 1.165) is 5.56 Å². The Morgan fingerprint density at radius 2 is 1.23 bits per heavy atom. The highest BCUT2D eigenvalue weighted by Gasteiger charge is 2.77. The van der Waals surface area contributed by atoms with Gasteiger partial charge in [0.15, 0.2) is 0 Å². The summed E-state index contributed by atoms with van der Waals surface area (Å²) in [6.45, 7) is 1.73. The zero-order valence-electron chi connectivity index (χ0n) is 13.2. The molecule has 8 heteroatoms. The molecule has 1 aliphatic carbocycles. The molecule has 1 aromatic carbocycles. The SMILES string of the molecule is COP(=O)(OC)C1(P(=O)(OC)OC)C(C)=C1c1ccccc1. The van der Waals surface area contributed by atoms with Crippen molar-refractivity contribution in [1.82, 2.24) is 0 Å². The largest absolute Gasteiger partial charge is 0.356 e. The summed E-state index contributed by atoms with van der Waals surface area (Å²) >= 11 is 0. The molecule has 0 unspecified atom stereocenters. The molecule has 122 valence electrons. The molecule has 0 N–H and O–H groups in total. The van der Waals surface area contributed by atoms with Gasteiger partial charge in [0.1, 0.15) is 0 Å². The van der Waals surface area contributed by atoms with Gasteiger partial charge in [0.2, 0.25) is 4.90 Å². The molecule has 2 rings (SSSR count). The van der Waals surface area contributed by atoms with Crippen LogP contribution >= 0.6 is 15.2 Å². The summed E-state index contributed by atoms with van der Waals surface area (Å²) in [6, 6.07) is 9.22. The fourth-order valence-electron chi connectivity index (χ4n) is 2.91. The third-order valence-electron chi connectivity index (χ3n) is 4.00. The zero-order valence-corrected chi connectivity index (χ0v) is 15.0. The first kappa shape index (κ1) is 17.6. The van der Waals surface area contributed by atoms with E-state index in [-0.39, 0.29) is 0 Å². The lowest BCUT2D eigenvalue weighted by molar-refractivity contribution is 0.247. The van der Waals surface area contributed by atoms with Gasteiger partial charge in [-0.25, -0.2) is 0 Å². The molecule has 0 saturated carbocycles. The molecule has 0 aromatic heterocycles. The van der Waals surface area contributed by atoms with Crippen LogP contribution in [-0.2, 0) is 27.2 Å². The van der Waals surface area contributed by atoms with E-state index in [2.05, 4.69) is 0 Å². The van der Waals surface area contributed by atoms with Crippen LogP contribution in [0.3, 0.4) is 0 Å². The van der Waals surface area contributed by atoms with Crippen LogP contribution in [0.25, 0.3) is 5.57 Å². The molecule has 1 aromatic rings. The Kier molecular flexibility index (Phi) is 4.84. The van der Waals surface area contributed by atoms with Crippen molar-refractivity contribution in [3.63, 3.8) is 0 Å². The molecule has 0 spiro atoms. The fourth-order valence-corrected chi connectivity index (χ4v) is 8.52. The number of hydrogen-bond acceptors (Lipinski definition) is 6. The van der Waals surface area contributed by atoms with Crippen molar-refractivity contribution in [2.24, 2.45) is 0 Å². The van der Waals surface area contributed by atoms with Gasteiger partial charge in [-0.2, -0.15) is 0 Å². The smallest absolute Gasteiger partial charge is 0.311 e. The second-order valence-corrected chi connectivity index (χ2v) is 9.91. The molecule has 22 heavy (non-hydrogen) atoms. The van der Waals surface area contributed by atoms with Gasteiger partial charge in [0.25, 0.3) is 0 Å². The lowest BCUT2D eigenvalue weighted by Crippen LogP contribution is -2.21. The second-order valence-electron chi connectivity index (χ2n) is 4.76. The Bertz CT molecular complexity index is 640. The Hall–Kier alpha value is -0.740. The first-order chi connectivity index (χ1) is 10.4. The van der Waals surface area contributed by atoms with E-state index < -0.39 is 20.1 Å². The zero-order chi connectivity index (χ0) is 16.6. The quantitative estimate of drug-likeness (QED) is 0.691. The molecular weight excluding hydrogens is 326 g/mol. The van der Waals surface area contributed by atoms with Crippen molar-refractivity contribution in [1.29, 1.82) is 0 Å². The van der Waals surface area contributed by atoms with Crippen molar-refractivity contribution >= 4 is 20.8 Å². The van der Waals surface area contributed by atoms with Gasteiger partial charge in [0.05, 0.1) is 0 Å². The Labute approximate surface area is 130 Å². The summed E-state index contributed by atoms with van der Waals surface area (Å²) in [4.78, 5) is -1.51. The second kappa shape index (κ2) is 6.04. The predicted molar refractivity (Wildman–Crippen MR) is 85.0 cm³/mol. The highest BCUT2D eigenvalue weighted by molar-refractivity contribution is 7.76. The minimum Gasteiger partial charge on any atom is -0.311 e. The maximum absolute atomic E-state index is 13.2. The molecule has 0 atom stereocenters. The normalized spacial score (nSPS) is 17.7. The van der Waals surface area contributed by atoms with Crippen molar-refractivity contribution in [3.8, 4) is 0 Å². The van der Waals surface area contributed by atoms with E-state index in [1.54, 1.807) is 6.92 Å². The van der Waals surface area contributed by atoms with Crippen LogP contribution in [0.4, 0.5) is 0 Å². The summed E-state index contributed by atoms with van der Waals surface area (Å²) in [5.74, 6) is 0. The van der Waals surface area contributed by atoms with Gasteiger partial charge < -0.3 is 18.1 Å². The van der Waals surface area contributed by atoms with Gasteiger partial charge in [-0.05, 0) is 23.6 Å². The fraction of sp³-hybridized carbons (Fsp3) is 0.429. The highest BCUT2D eigenvalue weighted by atomic mass is 31.2. The minimum atomic E-state index is -3.79. The predicted octanol–water partition coefficient (Wildman–Crippen LogP) is 4.14. The molecule has 6 nitrogen and oxygen atoms in total. The summed E-state index contributed by atoms with van der Waals surface area (Å²) in [6.07, 6.45) is 0. The molecular formula is C14H20O6P2. The summed E-state index contributed by atoms with van der Waals surface area (Å²) < 4.78 is 46.9. The van der Waals surface area contributed by atoms with E-state index >= 15 is 0 Å². The van der Waals surface area contributed by atoms with Crippen molar-refractivity contribution in [3.05, 3.63) is 41.5 Å². The average Bonchev–Trinajstić information content (AvgIpc) is 3.21. The van der Waals surface area contributed by atoms with Gasteiger partial charge >= 0.3 is 15.2 Å². The van der Waals surface area contributed by atoms with Crippen LogP contribution in [0.15, 0.2) is 35.9 Å². The van der Waals surface area contributed by atoms with E-state index in [1.165, 1.54) is 28.4 Å². The Morgan fingerprint density at radius 3 is 1.59 bits per heavy atom. The van der Waals surface area contributed by atoms with Crippen LogP contribution in [0.1, 0.15) is 12.5 Å². The van der Waals surface area contributed by atoms with E-state index in [9.17, 15) is 9.13 Å². The lowest BCUT2D eigenvalue weighted by Gasteiger charge is -2.31. The standard InChI is InChI=1S/C14H20O6P2/c1-11-13(12-9-7-6-8-10-12)14(11,21(15,17-2)18-3)22(16,19-4)20-5/h6-10H,1-5H3. The summed E-state index contributed by atoms with van der Waals surface area (Å²) in [5, 5.41) is 0. The third-order valence-corrected chi connectivity index (χ3v) is 10.1. The monoisotopic (exact) mass is 346 g/mol. The minimum absolute atomic E-state index is 0.618. The van der Waals surface area contributed by atoms with Crippen molar-refractivity contribution < 1.29 is 27.2 Å². The van der Waals surface area contributed by atoms with Gasteiger partial charge in [-0.15, -0.1) is 0 Å². The van der Waals surface area contributed by atoms with Crippen molar-refractivity contribution in [2.75, 3.05) is 28.4 Å². The Balaban J connectivity index is 2.68. The summed E-state index contributed by atoms with van der Waals surface area (Å²) in [5.41, 5.74) is 2.02. The maximum Gasteiger partial charge on any atom is 0.356 e. The highest BCUT2D eigenvalue weighted by Crippen LogP contribution is 2.90. The first-order valence-electron chi connectivity index (χ1n) is 6.59. The Morgan fingerprint density at radius 1 is 0.818 bits per heavy atom. The number of hydrogen-bond donors (Lipinski definition) is 0. The molecule has 0 amide bonds. The van der Waals surface area contributed by atoms with Gasteiger partial charge in [-0.1, -0.05) is 30.3 Å². The van der Waals surface area contributed by atoms with Crippen LogP contribution in [0, 0.1) is 0 Å². The van der Waals surface area contributed by atoms with Crippen LogP contribution < -0.4 is 0 Å². The van der Waals surface area contributed by atoms with E-state index in [1.807, 2.05) is 30.3 Å². The van der Waals surface area contributed by atoms with Crippen LogP contribution in [0.2, 0.25) is 0 Å². The van der Waals surface area contributed by atoms with E-state index in [4.69, 9.17) is 18.1 Å². The third kappa shape index (κ3) is 2.10. The van der Waals surface area contributed by atoms with Gasteiger partial charge in [-0.3, -0.25) is 9.13 Å². The molecule has 0 radical (unpaired) electrons. The maximum atomic E-state index is 13.2. The van der Waals surface area contributed by atoms with Crippen LogP contribution in [-0.4, -0.2) is 33.3 Å².